The molecule has 106 valence electrons. The maximum Gasteiger partial charge on any atom is 0.0667 e. The largest absolute Gasteiger partial charge is 0.381 e. The maximum absolute atomic E-state index is 5.85. The van der Waals surface area contributed by atoms with Gasteiger partial charge >= 0.3 is 0 Å². The summed E-state index contributed by atoms with van der Waals surface area (Å²) in [6.07, 6.45) is 2.59. The number of ether oxygens (including phenoxy) is 1. The van der Waals surface area contributed by atoms with Crippen LogP contribution in [0.4, 0.5) is 5.69 Å². The summed E-state index contributed by atoms with van der Waals surface area (Å²) in [5.74, 6) is 0. The molecule has 1 aromatic rings. The van der Waals surface area contributed by atoms with Gasteiger partial charge in [0.15, 0.2) is 0 Å². The predicted octanol–water partition coefficient (Wildman–Crippen LogP) is 5.22. The van der Waals surface area contributed by atoms with Gasteiger partial charge in [0.25, 0.3) is 0 Å². The number of benzene rings is 1. The average molecular weight is 391 g/mol. The second-order valence-corrected chi connectivity index (χ2v) is 7.13. The van der Waals surface area contributed by atoms with Crippen LogP contribution in [0.1, 0.15) is 33.6 Å². The van der Waals surface area contributed by atoms with E-state index in [1.165, 1.54) is 0 Å². The molecule has 4 heteroatoms. The highest BCUT2D eigenvalue weighted by molar-refractivity contribution is 9.11. The summed E-state index contributed by atoms with van der Waals surface area (Å²) in [7, 11) is 0. The van der Waals surface area contributed by atoms with E-state index in [9.17, 15) is 0 Å². The van der Waals surface area contributed by atoms with E-state index in [1.54, 1.807) is 0 Å². The first-order chi connectivity index (χ1) is 9.01. The second-order valence-electron chi connectivity index (χ2n) is 5.36. The molecule has 0 amide bonds. The quantitative estimate of drug-likeness (QED) is 0.744. The van der Waals surface area contributed by atoms with Crippen molar-refractivity contribution in [3.8, 4) is 0 Å². The van der Waals surface area contributed by atoms with E-state index in [-0.39, 0.29) is 5.41 Å². The Kier molecular flexibility index (Phi) is 4.96. The van der Waals surface area contributed by atoms with Gasteiger partial charge in [-0.3, -0.25) is 0 Å². The molecule has 0 spiro atoms. The topological polar surface area (TPSA) is 21.3 Å². The van der Waals surface area contributed by atoms with Crippen molar-refractivity contribution in [1.29, 1.82) is 0 Å². The van der Waals surface area contributed by atoms with Gasteiger partial charge in [0, 0.05) is 32.7 Å². The van der Waals surface area contributed by atoms with E-state index < -0.39 is 0 Å². The molecule has 0 bridgehead atoms. The Morgan fingerprint density at radius 3 is 2.74 bits per heavy atom. The van der Waals surface area contributed by atoms with Crippen LogP contribution in [0.5, 0.6) is 0 Å². The highest BCUT2D eigenvalue weighted by Gasteiger charge is 2.51. The van der Waals surface area contributed by atoms with Crippen LogP contribution in [0.3, 0.4) is 0 Å². The first-order valence-corrected chi connectivity index (χ1v) is 8.43. The fourth-order valence-corrected chi connectivity index (χ4v) is 3.49. The monoisotopic (exact) mass is 389 g/mol. The van der Waals surface area contributed by atoms with Gasteiger partial charge in [-0.1, -0.05) is 29.8 Å². The summed E-state index contributed by atoms with van der Waals surface area (Å²) in [6, 6.07) is 6.69. The van der Waals surface area contributed by atoms with Crippen LogP contribution < -0.4 is 5.32 Å². The Hall–Kier alpha value is -0.0600. The Bertz CT molecular complexity index is 452. The second kappa shape index (κ2) is 6.15. The summed E-state index contributed by atoms with van der Waals surface area (Å²) in [5.41, 5.74) is 1.37. The third-order valence-corrected chi connectivity index (χ3v) is 5.55. The number of halogens is 2. The van der Waals surface area contributed by atoms with Crippen LogP contribution in [0, 0.1) is 5.41 Å². The molecule has 2 nitrogen and oxygen atoms in total. The average Bonchev–Trinajstić information content (AvgIpc) is 2.40. The van der Waals surface area contributed by atoms with E-state index in [0.29, 0.717) is 12.1 Å². The van der Waals surface area contributed by atoms with Gasteiger partial charge in [-0.05, 0) is 53.9 Å². The molecule has 2 rings (SSSR count). The SMILES string of the molecule is CCOC1CC(Nc2cc(Br)ccc2Br)C1(C)CC. The summed E-state index contributed by atoms with van der Waals surface area (Å²) < 4.78 is 8.05. The van der Waals surface area contributed by atoms with Crippen molar-refractivity contribution in [3.63, 3.8) is 0 Å². The summed E-state index contributed by atoms with van der Waals surface area (Å²) in [4.78, 5) is 0. The maximum atomic E-state index is 5.85. The molecule has 1 N–H and O–H groups in total. The molecule has 1 aliphatic rings. The standard InChI is InChI=1S/C15H21Br2NO/c1-4-15(3)13(9-14(15)19-5-2)18-12-8-10(16)6-7-11(12)17/h6-8,13-14,18H,4-5,9H2,1-3H3. The highest BCUT2D eigenvalue weighted by Crippen LogP contribution is 2.47. The lowest BCUT2D eigenvalue weighted by molar-refractivity contribution is -0.109. The van der Waals surface area contributed by atoms with Crippen molar-refractivity contribution >= 4 is 37.5 Å². The van der Waals surface area contributed by atoms with Crippen LogP contribution in [-0.2, 0) is 4.74 Å². The minimum absolute atomic E-state index is 0.220. The van der Waals surface area contributed by atoms with Crippen LogP contribution >= 0.6 is 31.9 Å². The minimum Gasteiger partial charge on any atom is -0.381 e. The van der Waals surface area contributed by atoms with Gasteiger partial charge in [0.05, 0.1) is 6.10 Å². The van der Waals surface area contributed by atoms with Gasteiger partial charge in [-0.2, -0.15) is 0 Å². The fourth-order valence-electron chi connectivity index (χ4n) is 2.77. The Morgan fingerprint density at radius 1 is 1.37 bits per heavy atom. The molecule has 1 aliphatic carbocycles. The number of hydrogen-bond acceptors (Lipinski definition) is 2. The molecule has 1 aromatic carbocycles. The lowest BCUT2D eigenvalue weighted by Crippen LogP contribution is -2.59. The molecule has 19 heavy (non-hydrogen) atoms. The van der Waals surface area contributed by atoms with E-state index in [0.717, 1.165) is 34.1 Å². The van der Waals surface area contributed by atoms with Crippen molar-refractivity contribution in [3.05, 3.63) is 27.1 Å². The number of anilines is 1. The molecule has 1 saturated carbocycles. The molecule has 0 heterocycles. The van der Waals surface area contributed by atoms with Crippen LogP contribution in [0.2, 0.25) is 0 Å². The lowest BCUT2D eigenvalue weighted by Gasteiger charge is -2.54. The van der Waals surface area contributed by atoms with Gasteiger partial charge in [0.2, 0.25) is 0 Å². The summed E-state index contributed by atoms with van der Waals surface area (Å²) in [5, 5.41) is 3.66. The van der Waals surface area contributed by atoms with Crippen molar-refractivity contribution in [2.75, 3.05) is 11.9 Å². The molecular weight excluding hydrogens is 370 g/mol. The third-order valence-electron chi connectivity index (χ3n) is 4.37. The van der Waals surface area contributed by atoms with Gasteiger partial charge in [-0.25, -0.2) is 0 Å². The molecule has 3 atom stereocenters. The smallest absolute Gasteiger partial charge is 0.0667 e. The first-order valence-electron chi connectivity index (χ1n) is 6.84. The lowest BCUT2D eigenvalue weighted by atomic mass is 9.61. The minimum atomic E-state index is 0.220. The highest BCUT2D eigenvalue weighted by atomic mass is 79.9. The molecule has 0 aliphatic heterocycles. The summed E-state index contributed by atoms with van der Waals surface area (Å²) in [6.45, 7) is 7.44. The van der Waals surface area contributed by atoms with Crippen LogP contribution in [0.15, 0.2) is 27.1 Å². The number of nitrogens with one attached hydrogen (secondary N) is 1. The molecule has 0 aromatic heterocycles. The molecular formula is C15H21Br2NO. The number of rotatable bonds is 5. The van der Waals surface area contributed by atoms with E-state index in [4.69, 9.17) is 4.74 Å². The zero-order chi connectivity index (χ0) is 14.0. The Morgan fingerprint density at radius 2 is 2.11 bits per heavy atom. The third kappa shape index (κ3) is 3.01. The van der Waals surface area contributed by atoms with Crippen molar-refractivity contribution in [2.45, 2.75) is 45.8 Å². The molecule has 0 radical (unpaired) electrons. The normalized spacial score (nSPS) is 29.9. The van der Waals surface area contributed by atoms with Crippen molar-refractivity contribution in [1.82, 2.24) is 0 Å². The van der Waals surface area contributed by atoms with Gasteiger partial charge in [0.1, 0.15) is 0 Å². The van der Waals surface area contributed by atoms with E-state index >= 15 is 0 Å². The first kappa shape index (κ1) is 15.3. The van der Waals surface area contributed by atoms with E-state index in [2.05, 4.69) is 70.1 Å². The molecule has 0 saturated heterocycles. The predicted molar refractivity (Wildman–Crippen MR) is 87.7 cm³/mol. The Balaban J connectivity index is 2.10. The van der Waals surface area contributed by atoms with Gasteiger partial charge in [-0.15, -0.1) is 0 Å². The fraction of sp³-hybridized carbons (Fsp3) is 0.600. The zero-order valence-corrected chi connectivity index (χ0v) is 14.8. The molecule has 3 unspecified atom stereocenters. The van der Waals surface area contributed by atoms with Gasteiger partial charge < -0.3 is 10.1 Å². The molecule has 1 fully saturated rings. The van der Waals surface area contributed by atoms with E-state index in [1.807, 2.05) is 6.07 Å². The zero-order valence-electron chi connectivity index (χ0n) is 11.7. The van der Waals surface area contributed by atoms with Crippen LogP contribution in [-0.4, -0.2) is 18.8 Å². The van der Waals surface area contributed by atoms with Crippen molar-refractivity contribution < 1.29 is 4.74 Å². The van der Waals surface area contributed by atoms with Crippen molar-refractivity contribution in [2.24, 2.45) is 5.41 Å². The number of hydrogen-bond donors (Lipinski definition) is 1. The van der Waals surface area contributed by atoms with Crippen LogP contribution in [0.25, 0.3) is 0 Å². The Labute approximate surface area is 132 Å². The summed E-state index contributed by atoms with van der Waals surface area (Å²) >= 11 is 7.13.